The number of morpholine rings is 1. The number of nitrogens with zero attached hydrogens (tertiary/aromatic N) is 3. The summed E-state index contributed by atoms with van der Waals surface area (Å²) in [4.78, 5) is 34.2. The quantitative estimate of drug-likeness (QED) is 0.685. The van der Waals surface area contributed by atoms with E-state index < -0.39 is 5.60 Å². The minimum absolute atomic E-state index is 0.0204. The minimum Gasteiger partial charge on any atom is -0.361 e. The van der Waals surface area contributed by atoms with E-state index in [1.165, 1.54) is 0 Å². The maximum absolute atomic E-state index is 13.4. The first-order valence-electron chi connectivity index (χ1n) is 11.0. The van der Waals surface area contributed by atoms with E-state index >= 15 is 0 Å². The molecule has 166 valence electrons. The van der Waals surface area contributed by atoms with Gasteiger partial charge in [0, 0.05) is 50.9 Å². The lowest BCUT2D eigenvalue weighted by molar-refractivity contribution is -0.174. The fourth-order valence-electron chi connectivity index (χ4n) is 4.37. The molecule has 2 heterocycles. The third kappa shape index (κ3) is 4.96. The molecule has 0 bridgehead atoms. The van der Waals surface area contributed by atoms with Gasteiger partial charge in [0.25, 0.3) is 5.91 Å². The normalized spacial score (nSPS) is 18.8. The Morgan fingerprint density at radius 3 is 2.55 bits per heavy atom. The maximum Gasteiger partial charge on any atom is 0.256 e. The molecule has 1 aromatic heterocycles. The first-order chi connectivity index (χ1) is 14.9. The Balaban J connectivity index is 1.98. The number of rotatable bonds is 7. The van der Waals surface area contributed by atoms with E-state index in [2.05, 4.69) is 4.98 Å². The Kier molecular flexibility index (Phi) is 7.44. The monoisotopic (exact) mass is 423 g/mol. The molecule has 2 aromatic rings. The molecule has 0 radical (unpaired) electrons. The second-order valence-corrected chi connectivity index (χ2v) is 8.39. The molecular weight excluding hydrogens is 390 g/mol. The molecule has 1 aliphatic heterocycles. The Morgan fingerprint density at radius 1 is 1.16 bits per heavy atom. The van der Waals surface area contributed by atoms with Gasteiger partial charge in [0.1, 0.15) is 0 Å². The van der Waals surface area contributed by atoms with Crippen molar-refractivity contribution >= 4 is 11.8 Å². The van der Waals surface area contributed by atoms with Crippen LogP contribution in [0.2, 0.25) is 0 Å². The van der Waals surface area contributed by atoms with Gasteiger partial charge in [-0.1, -0.05) is 44.2 Å². The van der Waals surface area contributed by atoms with Crippen LogP contribution in [0, 0.1) is 5.92 Å². The zero-order valence-electron chi connectivity index (χ0n) is 19.0. The molecule has 2 amide bonds. The van der Waals surface area contributed by atoms with Crippen LogP contribution in [0.1, 0.15) is 32.3 Å². The summed E-state index contributed by atoms with van der Waals surface area (Å²) in [5.74, 6) is -0.0201. The zero-order chi connectivity index (χ0) is 22.4. The molecule has 1 atom stereocenters. The van der Waals surface area contributed by atoms with Gasteiger partial charge >= 0.3 is 0 Å². The van der Waals surface area contributed by atoms with Crippen LogP contribution in [0.3, 0.4) is 0 Å². The summed E-state index contributed by atoms with van der Waals surface area (Å²) >= 11 is 0. The molecule has 31 heavy (non-hydrogen) atoms. The van der Waals surface area contributed by atoms with Gasteiger partial charge < -0.3 is 14.5 Å². The van der Waals surface area contributed by atoms with Gasteiger partial charge in [-0.2, -0.15) is 0 Å². The average Bonchev–Trinajstić information content (AvgIpc) is 2.80. The molecule has 6 nitrogen and oxygen atoms in total. The van der Waals surface area contributed by atoms with Crippen molar-refractivity contribution in [3.63, 3.8) is 0 Å². The van der Waals surface area contributed by atoms with Gasteiger partial charge in [-0.15, -0.1) is 0 Å². The first kappa shape index (κ1) is 22.9. The van der Waals surface area contributed by atoms with Gasteiger partial charge in [0.2, 0.25) is 5.91 Å². The topological polar surface area (TPSA) is 62.7 Å². The molecule has 0 unspecified atom stereocenters. The second-order valence-electron chi connectivity index (χ2n) is 8.39. The molecule has 1 aromatic carbocycles. The maximum atomic E-state index is 13.4. The highest BCUT2D eigenvalue weighted by atomic mass is 16.5. The Morgan fingerprint density at radius 2 is 1.90 bits per heavy atom. The molecule has 6 heteroatoms. The number of likely N-dealkylation sites (N-methyl/N-ethyl adjacent to an activating group) is 1. The lowest BCUT2D eigenvalue weighted by atomic mass is 9.86. The van der Waals surface area contributed by atoms with E-state index in [9.17, 15) is 9.59 Å². The molecule has 1 fully saturated rings. The fraction of sp³-hybridized carbons (Fsp3) is 0.480. The minimum atomic E-state index is -1.11. The van der Waals surface area contributed by atoms with Crippen molar-refractivity contribution < 1.29 is 14.3 Å². The van der Waals surface area contributed by atoms with Crippen LogP contribution in [0.5, 0.6) is 0 Å². The standard InChI is InChI=1S/C25H33N3O3/c1-5-19(6-2)23(29)28-14-15-31-25(18-28,24(30)27(3)4)16-20-10-7-8-12-22(20)21-11-9-13-26-17-21/h7-13,17,19H,5-6,14-16,18H2,1-4H3/t25-/m1/s1. The van der Waals surface area contributed by atoms with Crippen LogP contribution < -0.4 is 0 Å². The van der Waals surface area contributed by atoms with Gasteiger partial charge in [-0.3, -0.25) is 14.6 Å². The number of amides is 2. The van der Waals surface area contributed by atoms with Crippen molar-refractivity contribution in [2.24, 2.45) is 5.92 Å². The molecular formula is C25H33N3O3. The van der Waals surface area contributed by atoms with Crippen molar-refractivity contribution in [3.05, 3.63) is 54.4 Å². The van der Waals surface area contributed by atoms with Gasteiger partial charge in [-0.25, -0.2) is 0 Å². The number of ether oxygens (including phenoxy) is 1. The number of aromatic nitrogens is 1. The zero-order valence-corrected chi connectivity index (χ0v) is 19.0. The molecule has 0 saturated carbocycles. The van der Waals surface area contributed by atoms with Crippen molar-refractivity contribution in [2.75, 3.05) is 33.8 Å². The molecule has 0 aliphatic carbocycles. The van der Waals surface area contributed by atoms with E-state index in [4.69, 9.17) is 4.74 Å². The van der Waals surface area contributed by atoms with Crippen LogP contribution in [0.25, 0.3) is 11.1 Å². The van der Waals surface area contributed by atoms with Crippen LogP contribution in [0.4, 0.5) is 0 Å². The lowest BCUT2D eigenvalue weighted by Crippen LogP contribution is -2.62. The number of hydrogen-bond acceptors (Lipinski definition) is 4. The van der Waals surface area contributed by atoms with E-state index in [0.717, 1.165) is 29.5 Å². The van der Waals surface area contributed by atoms with Gasteiger partial charge in [0.15, 0.2) is 5.60 Å². The van der Waals surface area contributed by atoms with Gasteiger partial charge in [0.05, 0.1) is 13.2 Å². The first-order valence-corrected chi connectivity index (χ1v) is 11.0. The smallest absolute Gasteiger partial charge is 0.256 e. The van der Waals surface area contributed by atoms with Crippen molar-refractivity contribution in [1.29, 1.82) is 0 Å². The number of carbonyl (C=O) groups is 2. The summed E-state index contributed by atoms with van der Waals surface area (Å²) in [5.41, 5.74) is 1.91. The Bertz CT molecular complexity index is 896. The molecule has 1 aliphatic rings. The summed E-state index contributed by atoms with van der Waals surface area (Å²) in [6, 6.07) is 11.9. The predicted molar refractivity (Wildman–Crippen MR) is 121 cm³/mol. The van der Waals surface area contributed by atoms with E-state index in [1.807, 2.05) is 61.3 Å². The van der Waals surface area contributed by atoms with Crippen LogP contribution >= 0.6 is 0 Å². The highest BCUT2D eigenvalue weighted by Gasteiger charge is 2.46. The molecule has 0 N–H and O–H groups in total. The highest BCUT2D eigenvalue weighted by molar-refractivity contribution is 5.88. The summed E-state index contributed by atoms with van der Waals surface area (Å²) in [7, 11) is 3.48. The number of hydrogen-bond donors (Lipinski definition) is 0. The molecule has 1 saturated heterocycles. The average molecular weight is 424 g/mol. The van der Waals surface area contributed by atoms with Crippen molar-refractivity contribution in [2.45, 2.75) is 38.7 Å². The molecule has 0 spiro atoms. The lowest BCUT2D eigenvalue weighted by Gasteiger charge is -2.43. The molecule has 3 rings (SSSR count). The summed E-state index contributed by atoms with van der Waals surface area (Å²) in [6.45, 7) is 5.20. The largest absolute Gasteiger partial charge is 0.361 e. The van der Waals surface area contributed by atoms with Crippen LogP contribution in [0.15, 0.2) is 48.8 Å². The number of carbonyl (C=O) groups excluding carboxylic acids is 2. The van der Waals surface area contributed by atoms with Crippen molar-refractivity contribution in [1.82, 2.24) is 14.8 Å². The van der Waals surface area contributed by atoms with E-state index in [-0.39, 0.29) is 24.3 Å². The second kappa shape index (κ2) is 10.1. The fourth-order valence-corrected chi connectivity index (χ4v) is 4.37. The number of pyridine rings is 1. The predicted octanol–water partition coefficient (Wildman–Crippen LogP) is 3.41. The summed E-state index contributed by atoms with van der Waals surface area (Å²) in [6.07, 6.45) is 5.55. The Labute approximate surface area is 185 Å². The van der Waals surface area contributed by atoms with Gasteiger partial charge in [-0.05, 0) is 30.0 Å². The van der Waals surface area contributed by atoms with Crippen molar-refractivity contribution in [3.8, 4) is 11.1 Å². The highest BCUT2D eigenvalue weighted by Crippen LogP contribution is 2.31. The summed E-state index contributed by atoms with van der Waals surface area (Å²) < 4.78 is 6.21. The SMILES string of the molecule is CCC(CC)C(=O)N1CCO[C@@](Cc2ccccc2-c2cccnc2)(C(=O)N(C)C)C1. The third-order valence-electron chi connectivity index (χ3n) is 6.09. The number of benzene rings is 1. The van der Waals surface area contributed by atoms with E-state index in [1.54, 1.807) is 25.2 Å². The Hall–Kier alpha value is -2.73. The van der Waals surface area contributed by atoms with Crippen LogP contribution in [-0.2, 0) is 20.7 Å². The summed E-state index contributed by atoms with van der Waals surface area (Å²) in [5, 5.41) is 0. The third-order valence-corrected chi connectivity index (χ3v) is 6.09. The van der Waals surface area contributed by atoms with E-state index in [0.29, 0.717) is 19.6 Å². The van der Waals surface area contributed by atoms with Crippen LogP contribution in [-0.4, -0.2) is 66.0 Å².